The molecule has 2 fully saturated rings. The fourth-order valence-corrected chi connectivity index (χ4v) is 4.24. The van der Waals surface area contributed by atoms with Crippen LogP contribution in [0.15, 0.2) is 24.7 Å². The van der Waals surface area contributed by atoms with Crippen molar-refractivity contribution >= 4 is 28.6 Å². The standard InChI is InChI=1S/C21H25ClN6O/c1-20(2,3)19-25-17(27-8-6-21(10-27)11-29-12-21)15-18(26-19)28(13-24-15)9-14-5-4-7-23-16(14)22/h4-5,7,13H,6,8-12H2,1-3H3. The highest BCUT2D eigenvalue weighted by Crippen LogP contribution is 2.40. The first kappa shape index (κ1) is 18.8. The first-order valence-corrected chi connectivity index (χ1v) is 10.4. The Morgan fingerprint density at radius 2 is 2.03 bits per heavy atom. The summed E-state index contributed by atoms with van der Waals surface area (Å²) in [5, 5.41) is 0.506. The van der Waals surface area contributed by atoms with Crippen LogP contribution >= 0.6 is 11.6 Å². The van der Waals surface area contributed by atoms with E-state index >= 15 is 0 Å². The zero-order valence-corrected chi connectivity index (χ0v) is 17.8. The monoisotopic (exact) mass is 412 g/mol. The Morgan fingerprint density at radius 1 is 1.21 bits per heavy atom. The van der Waals surface area contributed by atoms with Gasteiger partial charge in [0.15, 0.2) is 17.0 Å². The topological polar surface area (TPSA) is 69.0 Å². The van der Waals surface area contributed by atoms with Gasteiger partial charge in [0.2, 0.25) is 0 Å². The minimum absolute atomic E-state index is 0.166. The molecule has 0 bridgehead atoms. The van der Waals surface area contributed by atoms with Crippen molar-refractivity contribution < 1.29 is 4.74 Å². The molecule has 5 heterocycles. The van der Waals surface area contributed by atoms with Gasteiger partial charge in [-0.2, -0.15) is 0 Å². The first-order chi connectivity index (χ1) is 13.8. The molecule has 7 nitrogen and oxygen atoms in total. The van der Waals surface area contributed by atoms with Gasteiger partial charge in [-0.15, -0.1) is 0 Å². The molecule has 2 aliphatic rings. The molecular formula is C21H25ClN6O. The van der Waals surface area contributed by atoms with Crippen molar-refractivity contribution in [3.05, 3.63) is 41.2 Å². The van der Waals surface area contributed by atoms with Gasteiger partial charge in [0.1, 0.15) is 11.0 Å². The van der Waals surface area contributed by atoms with Crippen molar-refractivity contribution in [3.8, 4) is 0 Å². The number of hydrogen-bond donors (Lipinski definition) is 0. The van der Waals surface area contributed by atoms with Crippen molar-refractivity contribution in [1.82, 2.24) is 24.5 Å². The van der Waals surface area contributed by atoms with Crippen LogP contribution in [0.25, 0.3) is 11.2 Å². The molecule has 8 heteroatoms. The number of nitrogens with zero attached hydrogens (tertiary/aromatic N) is 6. The summed E-state index contributed by atoms with van der Waals surface area (Å²) in [4.78, 5) is 21.1. The molecule has 0 N–H and O–H groups in total. The number of anilines is 1. The second-order valence-corrected chi connectivity index (χ2v) is 9.64. The molecule has 3 aromatic rings. The number of ether oxygens (including phenoxy) is 1. The van der Waals surface area contributed by atoms with Crippen LogP contribution in [-0.2, 0) is 16.7 Å². The number of imidazole rings is 1. The molecular weight excluding hydrogens is 388 g/mol. The summed E-state index contributed by atoms with van der Waals surface area (Å²) < 4.78 is 7.53. The van der Waals surface area contributed by atoms with Crippen LogP contribution in [-0.4, -0.2) is 50.8 Å². The number of pyridine rings is 1. The van der Waals surface area contributed by atoms with E-state index in [0.717, 1.165) is 61.1 Å². The molecule has 3 aromatic heterocycles. The summed E-state index contributed by atoms with van der Waals surface area (Å²) in [7, 11) is 0. The van der Waals surface area contributed by atoms with Crippen molar-refractivity contribution in [2.45, 2.75) is 39.2 Å². The Morgan fingerprint density at radius 3 is 2.69 bits per heavy atom. The van der Waals surface area contributed by atoms with Gasteiger partial charge in [-0.25, -0.2) is 19.9 Å². The number of halogens is 1. The molecule has 0 atom stereocenters. The SMILES string of the molecule is CC(C)(C)c1nc(N2CCC3(COC3)C2)c2ncn(Cc3cccnc3Cl)c2n1. The normalized spacial score (nSPS) is 18.6. The zero-order chi connectivity index (χ0) is 20.2. The average molecular weight is 413 g/mol. The number of fused-ring (bicyclic) bond motifs is 1. The minimum atomic E-state index is -0.166. The van der Waals surface area contributed by atoms with E-state index in [1.165, 1.54) is 0 Å². The molecule has 0 unspecified atom stereocenters. The maximum absolute atomic E-state index is 6.29. The molecule has 29 heavy (non-hydrogen) atoms. The second kappa shape index (κ2) is 6.64. The molecule has 2 saturated heterocycles. The third-order valence-corrected chi connectivity index (χ3v) is 6.19. The van der Waals surface area contributed by atoms with Crippen LogP contribution in [0, 0.1) is 5.41 Å². The van der Waals surface area contributed by atoms with Crippen molar-refractivity contribution in [2.24, 2.45) is 5.41 Å². The summed E-state index contributed by atoms with van der Waals surface area (Å²) >= 11 is 6.29. The lowest BCUT2D eigenvalue weighted by molar-refractivity contribution is -0.0985. The molecule has 2 aliphatic heterocycles. The maximum Gasteiger partial charge on any atom is 0.166 e. The van der Waals surface area contributed by atoms with E-state index in [1.807, 2.05) is 23.0 Å². The van der Waals surface area contributed by atoms with Gasteiger partial charge in [-0.3, -0.25) is 0 Å². The predicted octanol–water partition coefficient (Wildman–Crippen LogP) is 3.45. The third kappa shape index (κ3) is 3.26. The lowest BCUT2D eigenvalue weighted by Crippen LogP contribution is -2.44. The molecule has 0 radical (unpaired) electrons. The Bertz CT molecular complexity index is 1070. The Labute approximate surface area is 175 Å². The van der Waals surface area contributed by atoms with Crippen LogP contribution < -0.4 is 4.90 Å². The highest BCUT2D eigenvalue weighted by Gasteiger charge is 2.45. The molecule has 0 aromatic carbocycles. The van der Waals surface area contributed by atoms with E-state index in [4.69, 9.17) is 31.3 Å². The van der Waals surface area contributed by atoms with Crippen LogP contribution in [0.5, 0.6) is 0 Å². The Balaban J connectivity index is 1.59. The molecule has 0 saturated carbocycles. The van der Waals surface area contributed by atoms with E-state index < -0.39 is 0 Å². The lowest BCUT2D eigenvalue weighted by atomic mass is 9.85. The number of rotatable bonds is 3. The fourth-order valence-electron chi connectivity index (χ4n) is 4.06. The zero-order valence-electron chi connectivity index (χ0n) is 17.0. The Hall–Kier alpha value is -2.25. The van der Waals surface area contributed by atoms with Gasteiger partial charge in [0.05, 0.1) is 26.1 Å². The average Bonchev–Trinajstić information content (AvgIpc) is 3.27. The summed E-state index contributed by atoms with van der Waals surface area (Å²) in [5.74, 6) is 1.75. The van der Waals surface area contributed by atoms with Gasteiger partial charge in [0, 0.05) is 35.7 Å². The lowest BCUT2D eigenvalue weighted by Gasteiger charge is -2.37. The quantitative estimate of drug-likeness (QED) is 0.614. The Kier molecular flexibility index (Phi) is 4.29. The summed E-state index contributed by atoms with van der Waals surface area (Å²) in [6.45, 7) is 10.6. The highest BCUT2D eigenvalue weighted by molar-refractivity contribution is 6.30. The smallest absolute Gasteiger partial charge is 0.166 e. The number of hydrogen-bond acceptors (Lipinski definition) is 6. The summed E-state index contributed by atoms with van der Waals surface area (Å²) in [5.41, 5.74) is 2.74. The van der Waals surface area contributed by atoms with Gasteiger partial charge >= 0.3 is 0 Å². The largest absolute Gasteiger partial charge is 0.380 e. The van der Waals surface area contributed by atoms with E-state index in [-0.39, 0.29) is 10.8 Å². The van der Waals surface area contributed by atoms with Crippen molar-refractivity contribution in [2.75, 3.05) is 31.2 Å². The van der Waals surface area contributed by atoms with Crippen molar-refractivity contribution in [1.29, 1.82) is 0 Å². The highest BCUT2D eigenvalue weighted by atomic mass is 35.5. The molecule has 152 valence electrons. The molecule has 0 amide bonds. The van der Waals surface area contributed by atoms with Gasteiger partial charge in [-0.05, 0) is 12.5 Å². The fraction of sp³-hybridized carbons (Fsp3) is 0.524. The van der Waals surface area contributed by atoms with Crippen LogP contribution in [0.1, 0.15) is 38.6 Å². The molecule has 1 spiro atoms. The van der Waals surface area contributed by atoms with Gasteiger partial charge < -0.3 is 14.2 Å². The van der Waals surface area contributed by atoms with Crippen LogP contribution in [0.4, 0.5) is 5.82 Å². The predicted molar refractivity (Wildman–Crippen MR) is 112 cm³/mol. The number of aromatic nitrogens is 5. The second-order valence-electron chi connectivity index (χ2n) is 9.28. The van der Waals surface area contributed by atoms with E-state index in [1.54, 1.807) is 6.20 Å². The summed E-state index contributed by atoms with van der Waals surface area (Å²) in [6.07, 6.45) is 4.66. The van der Waals surface area contributed by atoms with Crippen LogP contribution in [0.3, 0.4) is 0 Å². The minimum Gasteiger partial charge on any atom is -0.380 e. The maximum atomic E-state index is 6.29. The van der Waals surface area contributed by atoms with E-state index in [9.17, 15) is 0 Å². The molecule has 5 rings (SSSR count). The van der Waals surface area contributed by atoms with E-state index in [0.29, 0.717) is 11.7 Å². The first-order valence-electron chi connectivity index (χ1n) is 10.0. The van der Waals surface area contributed by atoms with Gasteiger partial charge in [-0.1, -0.05) is 38.4 Å². The van der Waals surface area contributed by atoms with E-state index in [2.05, 4.69) is 30.7 Å². The van der Waals surface area contributed by atoms with Crippen molar-refractivity contribution in [3.63, 3.8) is 0 Å². The van der Waals surface area contributed by atoms with Gasteiger partial charge in [0.25, 0.3) is 0 Å². The third-order valence-electron chi connectivity index (χ3n) is 5.85. The van der Waals surface area contributed by atoms with Crippen LogP contribution in [0.2, 0.25) is 5.15 Å². The summed E-state index contributed by atoms with van der Waals surface area (Å²) in [6, 6.07) is 3.88. The molecule has 0 aliphatic carbocycles.